The van der Waals surface area contributed by atoms with Crippen molar-refractivity contribution in [1.29, 1.82) is 0 Å². The lowest BCUT2D eigenvalue weighted by atomic mass is 10.2. The number of hydrogen-bond donors (Lipinski definition) is 0. The Morgan fingerprint density at radius 1 is 1.03 bits per heavy atom. The van der Waals surface area contributed by atoms with Crippen molar-refractivity contribution in [2.24, 2.45) is 5.10 Å². The van der Waals surface area contributed by atoms with E-state index in [9.17, 15) is 9.59 Å². The standard InChI is InChI=1S/C27H22Br2N4O4/c28-21-14-18(15-22(29)25(21)37-17-24(34)32-10-12-36-13-11-32)16-30-33-26(19-6-2-1-3-7-19)31-23-9-5-4-8-20(23)27(33)35/h1-9,14-16H,10-13,17H2. The van der Waals surface area contributed by atoms with Crippen LogP contribution in [0.25, 0.3) is 22.3 Å². The molecule has 0 unspecified atom stereocenters. The van der Waals surface area contributed by atoms with E-state index in [4.69, 9.17) is 14.5 Å². The highest BCUT2D eigenvalue weighted by atomic mass is 79.9. The summed E-state index contributed by atoms with van der Waals surface area (Å²) < 4.78 is 13.7. The van der Waals surface area contributed by atoms with E-state index in [0.717, 1.165) is 5.56 Å². The molecule has 10 heteroatoms. The van der Waals surface area contributed by atoms with Gasteiger partial charge in [-0.1, -0.05) is 42.5 Å². The van der Waals surface area contributed by atoms with Crippen molar-refractivity contribution in [2.45, 2.75) is 0 Å². The highest BCUT2D eigenvalue weighted by molar-refractivity contribution is 9.11. The molecule has 1 fully saturated rings. The number of ether oxygens (including phenoxy) is 2. The van der Waals surface area contributed by atoms with E-state index < -0.39 is 0 Å². The normalized spacial score (nSPS) is 13.8. The summed E-state index contributed by atoms with van der Waals surface area (Å²) in [5, 5.41) is 4.99. The molecule has 0 bridgehead atoms. The van der Waals surface area contributed by atoms with Crippen molar-refractivity contribution >= 4 is 54.9 Å². The summed E-state index contributed by atoms with van der Waals surface area (Å²) in [6.45, 7) is 2.12. The zero-order valence-electron chi connectivity index (χ0n) is 19.6. The first kappa shape index (κ1) is 25.3. The van der Waals surface area contributed by atoms with Crippen LogP contribution < -0.4 is 10.3 Å². The van der Waals surface area contributed by atoms with Gasteiger partial charge in [0, 0.05) is 18.7 Å². The molecule has 0 saturated carbocycles. The van der Waals surface area contributed by atoms with Gasteiger partial charge in [-0.3, -0.25) is 9.59 Å². The molecule has 2 heterocycles. The first-order valence-electron chi connectivity index (χ1n) is 11.6. The van der Waals surface area contributed by atoms with Crippen LogP contribution in [0.4, 0.5) is 0 Å². The molecule has 1 aromatic heterocycles. The summed E-state index contributed by atoms with van der Waals surface area (Å²) in [5.41, 5.74) is 1.83. The minimum Gasteiger partial charge on any atom is -0.481 e. The van der Waals surface area contributed by atoms with Crippen molar-refractivity contribution in [3.63, 3.8) is 0 Å². The van der Waals surface area contributed by atoms with E-state index in [1.165, 1.54) is 4.68 Å². The van der Waals surface area contributed by atoms with Gasteiger partial charge in [0.2, 0.25) is 0 Å². The van der Waals surface area contributed by atoms with E-state index >= 15 is 0 Å². The number of carbonyl (C=O) groups is 1. The first-order valence-corrected chi connectivity index (χ1v) is 13.2. The van der Waals surface area contributed by atoms with Crippen LogP contribution >= 0.6 is 31.9 Å². The summed E-state index contributed by atoms with van der Waals surface area (Å²) in [5.74, 6) is 0.859. The molecule has 0 radical (unpaired) electrons. The molecule has 1 aliphatic heterocycles. The molecule has 0 N–H and O–H groups in total. The summed E-state index contributed by atoms with van der Waals surface area (Å²) in [6, 6.07) is 20.3. The number of para-hydroxylation sites is 1. The molecule has 3 aromatic carbocycles. The molecule has 0 atom stereocenters. The molecule has 0 spiro atoms. The maximum atomic E-state index is 13.3. The molecule has 188 valence electrons. The Kier molecular flexibility index (Phi) is 7.78. The predicted octanol–water partition coefficient (Wildman–Crippen LogP) is 4.71. The second kappa shape index (κ2) is 11.4. The summed E-state index contributed by atoms with van der Waals surface area (Å²) >= 11 is 7.05. The van der Waals surface area contributed by atoms with Gasteiger partial charge in [0.25, 0.3) is 11.5 Å². The number of morpholine rings is 1. The van der Waals surface area contributed by atoms with Crippen molar-refractivity contribution in [2.75, 3.05) is 32.9 Å². The van der Waals surface area contributed by atoms with E-state index in [-0.39, 0.29) is 18.1 Å². The fraction of sp³-hybridized carbons (Fsp3) is 0.185. The van der Waals surface area contributed by atoms with E-state index in [1.807, 2.05) is 54.6 Å². The van der Waals surface area contributed by atoms with Gasteiger partial charge in [0.15, 0.2) is 12.4 Å². The third-order valence-corrected chi connectivity index (χ3v) is 7.01. The van der Waals surface area contributed by atoms with Crippen LogP contribution in [0.2, 0.25) is 0 Å². The smallest absolute Gasteiger partial charge is 0.282 e. The lowest BCUT2D eigenvalue weighted by molar-refractivity contribution is -0.137. The number of halogens is 2. The first-order chi connectivity index (χ1) is 18.0. The summed E-state index contributed by atoms with van der Waals surface area (Å²) in [7, 11) is 0. The van der Waals surface area contributed by atoms with Crippen molar-refractivity contribution < 1.29 is 14.3 Å². The number of hydrogen-bond acceptors (Lipinski definition) is 6. The minimum atomic E-state index is -0.264. The highest BCUT2D eigenvalue weighted by Crippen LogP contribution is 2.34. The number of amides is 1. The van der Waals surface area contributed by atoms with Crippen molar-refractivity contribution in [3.05, 3.63) is 91.6 Å². The van der Waals surface area contributed by atoms with Crippen LogP contribution in [0.5, 0.6) is 5.75 Å². The zero-order chi connectivity index (χ0) is 25.8. The molecule has 1 aliphatic rings. The molecule has 1 amide bonds. The minimum absolute atomic E-state index is 0.0801. The van der Waals surface area contributed by atoms with Crippen LogP contribution in [-0.2, 0) is 9.53 Å². The summed E-state index contributed by atoms with van der Waals surface area (Å²) in [4.78, 5) is 32.2. The SMILES string of the molecule is O=C(COc1c(Br)cc(C=Nn2c(-c3ccccc3)nc3ccccc3c2=O)cc1Br)N1CCOCC1. The predicted molar refractivity (Wildman–Crippen MR) is 149 cm³/mol. The van der Waals surface area contributed by atoms with Gasteiger partial charge in [0.05, 0.1) is 39.3 Å². The molecule has 1 saturated heterocycles. The van der Waals surface area contributed by atoms with Gasteiger partial charge in [-0.25, -0.2) is 4.98 Å². The maximum absolute atomic E-state index is 13.3. The van der Waals surface area contributed by atoms with Crippen LogP contribution in [0, 0.1) is 0 Å². The van der Waals surface area contributed by atoms with E-state index in [0.29, 0.717) is 63.3 Å². The Morgan fingerprint density at radius 3 is 2.43 bits per heavy atom. The van der Waals surface area contributed by atoms with Gasteiger partial charge >= 0.3 is 0 Å². The number of carbonyl (C=O) groups excluding carboxylic acids is 1. The second-order valence-corrected chi connectivity index (χ2v) is 9.98. The fourth-order valence-electron chi connectivity index (χ4n) is 3.96. The molecule has 5 rings (SSSR count). The molecular weight excluding hydrogens is 604 g/mol. The van der Waals surface area contributed by atoms with Gasteiger partial charge in [-0.05, 0) is 61.7 Å². The lowest BCUT2D eigenvalue weighted by Gasteiger charge is -2.26. The second-order valence-electron chi connectivity index (χ2n) is 8.28. The average Bonchev–Trinajstić information content (AvgIpc) is 2.93. The highest BCUT2D eigenvalue weighted by Gasteiger charge is 2.19. The number of fused-ring (bicyclic) bond motifs is 1. The molecule has 8 nitrogen and oxygen atoms in total. The average molecular weight is 626 g/mol. The molecule has 37 heavy (non-hydrogen) atoms. The van der Waals surface area contributed by atoms with Gasteiger partial charge in [-0.2, -0.15) is 9.78 Å². The molecule has 4 aromatic rings. The Hall–Kier alpha value is -3.34. The van der Waals surface area contributed by atoms with E-state index in [1.54, 1.807) is 23.2 Å². The van der Waals surface area contributed by atoms with Gasteiger partial charge < -0.3 is 14.4 Å². The Morgan fingerprint density at radius 2 is 1.70 bits per heavy atom. The third kappa shape index (κ3) is 5.66. The number of benzene rings is 3. The number of nitrogens with zero attached hydrogens (tertiary/aromatic N) is 4. The number of aromatic nitrogens is 2. The zero-order valence-corrected chi connectivity index (χ0v) is 22.8. The van der Waals surface area contributed by atoms with Crippen LogP contribution in [0.3, 0.4) is 0 Å². The number of rotatable bonds is 6. The van der Waals surface area contributed by atoms with Crippen LogP contribution in [-0.4, -0.2) is 59.6 Å². The van der Waals surface area contributed by atoms with Gasteiger partial charge in [0.1, 0.15) is 5.75 Å². The molecule has 0 aliphatic carbocycles. The quantitative estimate of drug-likeness (QED) is 0.290. The monoisotopic (exact) mass is 624 g/mol. The largest absolute Gasteiger partial charge is 0.481 e. The summed E-state index contributed by atoms with van der Waals surface area (Å²) in [6.07, 6.45) is 1.59. The molecular formula is C27H22Br2N4O4. The Balaban J connectivity index is 1.43. The van der Waals surface area contributed by atoms with E-state index in [2.05, 4.69) is 37.0 Å². The van der Waals surface area contributed by atoms with Gasteiger partial charge in [-0.15, -0.1) is 0 Å². The topological polar surface area (TPSA) is 86.0 Å². The van der Waals surface area contributed by atoms with Crippen molar-refractivity contribution in [1.82, 2.24) is 14.6 Å². The van der Waals surface area contributed by atoms with Crippen LogP contribution in [0.15, 0.2) is 85.6 Å². The Bertz CT molecular complexity index is 1510. The lowest BCUT2D eigenvalue weighted by Crippen LogP contribution is -2.43. The third-order valence-electron chi connectivity index (χ3n) is 5.83. The van der Waals surface area contributed by atoms with Crippen molar-refractivity contribution in [3.8, 4) is 17.1 Å². The fourth-order valence-corrected chi connectivity index (χ4v) is 5.41. The van der Waals surface area contributed by atoms with Crippen LogP contribution in [0.1, 0.15) is 5.56 Å². The Labute approximate surface area is 229 Å². The maximum Gasteiger partial charge on any atom is 0.282 e.